The maximum Gasteiger partial charge on any atom is 0.373 e. The van der Waals surface area contributed by atoms with Crippen LogP contribution in [0.15, 0.2) is 67.0 Å². The lowest BCUT2D eigenvalue weighted by Gasteiger charge is -2.12. The minimum Gasteiger partial charge on any atom is -0.434 e. The summed E-state index contributed by atoms with van der Waals surface area (Å²) in [5, 5.41) is 16.9. The molecule has 4 aromatic rings. The topological polar surface area (TPSA) is 90.2 Å². The van der Waals surface area contributed by atoms with Gasteiger partial charge in [0.2, 0.25) is 5.82 Å². The molecule has 144 valence electrons. The third-order valence-corrected chi connectivity index (χ3v) is 4.76. The molecule has 1 heterocycles. The Bertz CT molecular complexity index is 1220. The van der Waals surface area contributed by atoms with Gasteiger partial charge in [0.15, 0.2) is 0 Å². The Morgan fingerprint density at radius 2 is 1.76 bits per heavy atom. The van der Waals surface area contributed by atoms with E-state index in [0.29, 0.717) is 5.75 Å². The van der Waals surface area contributed by atoms with E-state index in [1.165, 1.54) is 6.33 Å². The minimum absolute atomic E-state index is 0.0782. The fourth-order valence-electron chi connectivity index (χ4n) is 3.05. The third-order valence-electron chi connectivity index (χ3n) is 4.76. The first-order valence-electron chi connectivity index (χ1n) is 9.02. The molecule has 4 rings (SSSR count). The van der Waals surface area contributed by atoms with Crippen LogP contribution in [-0.4, -0.2) is 14.9 Å². The second-order valence-electron chi connectivity index (χ2n) is 6.62. The van der Waals surface area contributed by atoms with Gasteiger partial charge in [0, 0.05) is 5.69 Å². The van der Waals surface area contributed by atoms with Crippen LogP contribution >= 0.6 is 0 Å². The molecular formula is C22H18N4O3. The summed E-state index contributed by atoms with van der Waals surface area (Å²) >= 11 is 0. The number of nitro groups is 1. The van der Waals surface area contributed by atoms with Gasteiger partial charge in [-0.2, -0.15) is 4.98 Å². The van der Waals surface area contributed by atoms with Gasteiger partial charge < -0.3 is 10.1 Å². The summed E-state index contributed by atoms with van der Waals surface area (Å²) in [6.45, 7) is 3.92. The molecule has 1 N–H and O–H groups in total. The molecule has 0 aliphatic rings. The minimum atomic E-state index is -0.538. The largest absolute Gasteiger partial charge is 0.434 e. The molecule has 0 atom stereocenters. The standard InChI is InChI=1S/C22H18N4O3/c1-14-6-5-9-19(15(14)2)25-21-20(26(27)28)22(24-13-23-21)29-18-11-10-16-7-3-4-8-17(16)12-18/h3-13H,1-2H3,(H,23,24,25). The molecular weight excluding hydrogens is 368 g/mol. The van der Waals surface area contributed by atoms with Gasteiger partial charge in [0.05, 0.1) is 4.92 Å². The Morgan fingerprint density at radius 3 is 2.55 bits per heavy atom. The highest BCUT2D eigenvalue weighted by Crippen LogP contribution is 2.36. The van der Waals surface area contributed by atoms with Crippen LogP contribution in [-0.2, 0) is 0 Å². The highest BCUT2D eigenvalue weighted by molar-refractivity contribution is 5.84. The van der Waals surface area contributed by atoms with Gasteiger partial charge >= 0.3 is 11.6 Å². The molecule has 0 fully saturated rings. The zero-order valence-corrected chi connectivity index (χ0v) is 15.9. The summed E-state index contributed by atoms with van der Waals surface area (Å²) in [7, 11) is 0. The first-order chi connectivity index (χ1) is 14.0. The van der Waals surface area contributed by atoms with E-state index in [4.69, 9.17) is 4.74 Å². The second kappa shape index (κ2) is 7.55. The molecule has 1 aromatic heterocycles. The monoisotopic (exact) mass is 386 g/mol. The maximum absolute atomic E-state index is 11.8. The van der Waals surface area contributed by atoms with E-state index in [9.17, 15) is 10.1 Å². The Hall–Kier alpha value is -4.00. The number of hydrogen-bond acceptors (Lipinski definition) is 6. The van der Waals surface area contributed by atoms with Crippen LogP contribution in [0.1, 0.15) is 11.1 Å². The lowest BCUT2D eigenvalue weighted by Crippen LogP contribution is -2.04. The SMILES string of the molecule is Cc1cccc(Nc2ncnc(Oc3ccc4ccccc4c3)c2[N+](=O)[O-])c1C. The Balaban J connectivity index is 1.72. The van der Waals surface area contributed by atoms with Crippen molar-refractivity contribution in [2.45, 2.75) is 13.8 Å². The van der Waals surface area contributed by atoms with Crippen LogP contribution in [0.4, 0.5) is 17.2 Å². The van der Waals surface area contributed by atoms with Crippen molar-refractivity contribution in [3.63, 3.8) is 0 Å². The maximum atomic E-state index is 11.8. The van der Waals surface area contributed by atoms with Gasteiger partial charge in [-0.3, -0.25) is 10.1 Å². The van der Waals surface area contributed by atoms with E-state index in [1.807, 2.05) is 68.4 Å². The summed E-state index contributed by atoms with van der Waals surface area (Å²) in [6.07, 6.45) is 1.25. The lowest BCUT2D eigenvalue weighted by atomic mass is 10.1. The highest BCUT2D eigenvalue weighted by atomic mass is 16.6. The van der Waals surface area contributed by atoms with Crippen molar-refractivity contribution >= 4 is 28.0 Å². The zero-order chi connectivity index (χ0) is 20.4. The number of fused-ring (bicyclic) bond motifs is 1. The number of benzene rings is 3. The number of ether oxygens (including phenoxy) is 1. The summed E-state index contributed by atoms with van der Waals surface area (Å²) in [6, 6.07) is 19.0. The quantitative estimate of drug-likeness (QED) is 0.350. The van der Waals surface area contributed by atoms with Crippen molar-refractivity contribution in [3.8, 4) is 11.6 Å². The van der Waals surface area contributed by atoms with Crippen LogP contribution in [0, 0.1) is 24.0 Å². The number of aromatic nitrogens is 2. The molecule has 7 nitrogen and oxygen atoms in total. The molecule has 0 aliphatic heterocycles. The molecule has 29 heavy (non-hydrogen) atoms. The van der Waals surface area contributed by atoms with Gasteiger partial charge in [-0.25, -0.2) is 4.98 Å². The predicted molar refractivity (Wildman–Crippen MR) is 112 cm³/mol. The smallest absolute Gasteiger partial charge is 0.373 e. The normalized spacial score (nSPS) is 10.7. The summed E-state index contributed by atoms with van der Waals surface area (Å²) in [5.41, 5.74) is 2.47. The molecule has 0 bridgehead atoms. The van der Waals surface area contributed by atoms with Crippen molar-refractivity contribution in [2.75, 3.05) is 5.32 Å². The number of hydrogen-bond donors (Lipinski definition) is 1. The Labute approximate surface area is 167 Å². The van der Waals surface area contributed by atoms with Crippen LogP contribution in [0.5, 0.6) is 11.6 Å². The number of anilines is 2. The van der Waals surface area contributed by atoms with E-state index < -0.39 is 4.92 Å². The van der Waals surface area contributed by atoms with Crippen molar-refractivity contribution in [2.24, 2.45) is 0 Å². The highest BCUT2D eigenvalue weighted by Gasteiger charge is 2.25. The average Bonchev–Trinajstić information content (AvgIpc) is 2.71. The van der Waals surface area contributed by atoms with Gasteiger partial charge in [0.25, 0.3) is 0 Å². The van der Waals surface area contributed by atoms with E-state index >= 15 is 0 Å². The number of nitrogens with zero attached hydrogens (tertiary/aromatic N) is 3. The third kappa shape index (κ3) is 3.70. The number of rotatable bonds is 5. The van der Waals surface area contributed by atoms with Crippen molar-refractivity contribution in [1.29, 1.82) is 0 Å². The summed E-state index contributed by atoms with van der Waals surface area (Å²) < 4.78 is 5.78. The molecule has 0 saturated heterocycles. The zero-order valence-electron chi connectivity index (χ0n) is 15.9. The number of aryl methyl sites for hydroxylation is 1. The average molecular weight is 386 g/mol. The molecule has 0 aliphatic carbocycles. The van der Waals surface area contributed by atoms with E-state index in [-0.39, 0.29) is 17.4 Å². The van der Waals surface area contributed by atoms with Crippen LogP contribution in [0.2, 0.25) is 0 Å². The summed E-state index contributed by atoms with van der Waals surface area (Å²) in [5.74, 6) is 0.422. The Morgan fingerprint density at radius 1 is 0.966 bits per heavy atom. The van der Waals surface area contributed by atoms with Gasteiger partial charge in [0.1, 0.15) is 12.1 Å². The molecule has 0 amide bonds. The first kappa shape index (κ1) is 18.4. The molecule has 7 heteroatoms. The molecule has 0 unspecified atom stereocenters. The van der Waals surface area contributed by atoms with Crippen LogP contribution in [0.3, 0.4) is 0 Å². The predicted octanol–water partition coefficient (Wildman–Crippen LogP) is 5.69. The Kier molecular flexibility index (Phi) is 4.78. The van der Waals surface area contributed by atoms with Gasteiger partial charge in [-0.05, 0) is 53.9 Å². The van der Waals surface area contributed by atoms with E-state index in [2.05, 4.69) is 15.3 Å². The van der Waals surface area contributed by atoms with Crippen molar-refractivity contribution < 1.29 is 9.66 Å². The van der Waals surface area contributed by atoms with Crippen molar-refractivity contribution in [3.05, 3.63) is 88.2 Å². The molecule has 0 saturated carbocycles. The number of nitrogens with one attached hydrogen (secondary N) is 1. The van der Waals surface area contributed by atoms with E-state index in [0.717, 1.165) is 27.6 Å². The fraction of sp³-hybridized carbons (Fsp3) is 0.0909. The molecule has 0 radical (unpaired) electrons. The first-order valence-corrected chi connectivity index (χ1v) is 9.02. The van der Waals surface area contributed by atoms with Crippen LogP contribution < -0.4 is 10.1 Å². The molecule has 0 spiro atoms. The van der Waals surface area contributed by atoms with Crippen molar-refractivity contribution in [1.82, 2.24) is 9.97 Å². The summed E-state index contributed by atoms with van der Waals surface area (Å²) in [4.78, 5) is 19.3. The van der Waals surface area contributed by atoms with Crippen LogP contribution in [0.25, 0.3) is 10.8 Å². The van der Waals surface area contributed by atoms with Gasteiger partial charge in [-0.15, -0.1) is 0 Å². The molecule has 3 aromatic carbocycles. The van der Waals surface area contributed by atoms with Gasteiger partial charge in [-0.1, -0.05) is 42.5 Å². The van der Waals surface area contributed by atoms with E-state index in [1.54, 1.807) is 6.07 Å². The second-order valence-corrected chi connectivity index (χ2v) is 6.62. The fourth-order valence-corrected chi connectivity index (χ4v) is 3.05. The lowest BCUT2D eigenvalue weighted by molar-refractivity contribution is -0.385.